The summed E-state index contributed by atoms with van der Waals surface area (Å²) in [6.45, 7) is 18.3. The smallest absolute Gasteiger partial charge is 0.145 e. The standard InChI is InChI=1S/C37H41NO/c1-21(2)18-37(19-22(3)4)29-12-10-9-11-26(29)34-30(37)15-16-32-35(34)27-14-13-24(7)33(36(27)39-32)31-17-25(8)28(20-38-31)23(5)6/h9-17,20-23H,18-19H2,1-8H3. The first-order valence-electron chi connectivity index (χ1n) is 14.7. The first-order chi connectivity index (χ1) is 18.6. The number of furan rings is 1. The minimum absolute atomic E-state index is 0.0188. The van der Waals surface area contributed by atoms with E-state index in [-0.39, 0.29) is 5.41 Å². The van der Waals surface area contributed by atoms with Gasteiger partial charge in [0.05, 0.1) is 5.69 Å². The number of pyridine rings is 1. The van der Waals surface area contributed by atoms with Crippen LogP contribution in [0.15, 0.2) is 65.2 Å². The molecule has 6 rings (SSSR count). The van der Waals surface area contributed by atoms with E-state index in [9.17, 15) is 0 Å². The van der Waals surface area contributed by atoms with Crippen LogP contribution >= 0.6 is 0 Å². The van der Waals surface area contributed by atoms with E-state index in [1.165, 1.54) is 49.7 Å². The Balaban J connectivity index is 1.68. The molecule has 0 unspecified atom stereocenters. The normalized spacial score (nSPS) is 14.2. The summed E-state index contributed by atoms with van der Waals surface area (Å²) in [7, 11) is 0. The Morgan fingerprint density at radius 1 is 0.769 bits per heavy atom. The quantitative estimate of drug-likeness (QED) is 0.225. The fourth-order valence-corrected chi connectivity index (χ4v) is 7.52. The summed E-state index contributed by atoms with van der Waals surface area (Å²) in [6.07, 6.45) is 4.34. The molecule has 0 saturated heterocycles. The van der Waals surface area contributed by atoms with Crippen LogP contribution in [0.1, 0.15) is 88.1 Å². The van der Waals surface area contributed by atoms with Gasteiger partial charge in [0.15, 0.2) is 0 Å². The summed E-state index contributed by atoms with van der Waals surface area (Å²) >= 11 is 0. The van der Waals surface area contributed by atoms with Gasteiger partial charge in [-0.1, -0.05) is 84.0 Å². The van der Waals surface area contributed by atoms with Crippen molar-refractivity contribution in [2.45, 2.75) is 79.6 Å². The van der Waals surface area contributed by atoms with Crippen molar-refractivity contribution in [3.05, 3.63) is 88.6 Å². The van der Waals surface area contributed by atoms with Crippen LogP contribution in [-0.2, 0) is 5.41 Å². The Labute approximate surface area is 233 Å². The zero-order valence-corrected chi connectivity index (χ0v) is 24.8. The van der Waals surface area contributed by atoms with E-state index in [2.05, 4.69) is 116 Å². The van der Waals surface area contributed by atoms with E-state index in [0.717, 1.165) is 35.3 Å². The lowest BCUT2D eigenvalue weighted by Crippen LogP contribution is -2.29. The van der Waals surface area contributed by atoms with Gasteiger partial charge in [0.2, 0.25) is 0 Å². The molecule has 5 aromatic rings. The van der Waals surface area contributed by atoms with Crippen molar-refractivity contribution in [1.82, 2.24) is 4.98 Å². The molecule has 0 amide bonds. The molecule has 39 heavy (non-hydrogen) atoms. The third-order valence-electron chi connectivity index (χ3n) is 8.78. The lowest BCUT2D eigenvalue weighted by atomic mass is 9.68. The molecule has 0 bridgehead atoms. The first-order valence-corrected chi connectivity index (χ1v) is 14.7. The number of hydrogen-bond acceptors (Lipinski definition) is 2. The Bertz CT molecular complexity index is 1710. The van der Waals surface area contributed by atoms with Crippen molar-refractivity contribution in [2.75, 3.05) is 0 Å². The van der Waals surface area contributed by atoms with E-state index in [4.69, 9.17) is 9.40 Å². The first kappa shape index (κ1) is 25.9. The van der Waals surface area contributed by atoms with Crippen LogP contribution in [0, 0.1) is 25.7 Å². The molecule has 3 aromatic carbocycles. The maximum atomic E-state index is 6.77. The van der Waals surface area contributed by atoms with Crippen LogP contribution in [0.5, 0.6) is 0 Å². The van der Waals surface area contributed by atoms with Gasteiger partial charge in [-0.15, -0.1) is 0 Å². The largest absolute Gasteiger partial charge is 0.455 e. The Morgan fingerprint density at radius 2 is 1.49 bits per heavy atom. The van der Waals surface area contributed by atoms with E-state index in [1.807, 2.05) is 0 Å². The minimum atomic E-state index is 0.0188. The van der Waals surface area contributed by atoms with Crippen LogP contribution in [0.2, 0.25) is 0 Å². The number of aromatic nitrogens is 1. The third-order valence-corrected chi connectivity index (χ3v) is 8.78. The van der Waals surface area contributed by atoms with Crippen LogP contribution in [0.3, 0.4) is 0 Å². The fraction of sp³-hybridized carbons (Fsp3) is 0.378. The molecule has 0 atom stereocenters. The minimum Gasteiger partial charge on any atom is -0.455 e. The number of rotatable bonds is 6. The molecule has 0 fully saturated rings. The third kappa shape index (κ3) is 3.94. The highest BCUT2D eigenvalue weighted by atomic mass is 16.3. The number of aryl methyl sites for hydroxylation is 2. The zero-order valence-electron chi connectivity index (χ0n) is 24.8. The van der Waals surface area contributed by atoms with Crippen molar-refractivity contribution in [1.29, 1.82) is 0 Å². The second-order valence-electron chi connectivity index (χ2n) is 13.0. The van der Waals surface area contributed by atoms with Gasteiger partial charge < -0.3 is 4.42 Å². The van der Waals surface area contributed by atoms with Crippen LogP contribution in [0.4, 0.5) is 0 Å². The molecule has 1 aliphatic rings. The Kier molecular flexibility index (Phi) is 6.21. The van der Waals surface area contributed by atoms with Crippen molar-refractivity contribution in [3.63, 3.8) is 0 Å². The Hall–Kier alpha value is -3.39. The summed E-state index contributed by atoms with van der Waals surface area (Å²) in [6, 6.07) is 20.5. The van der Waals surface area contributed by atoms with Gasteiger partial charge in [0.25, 0.3) is 0 Å². The van der Waals surface area contributed by atoms with Crippen LogP contribution in [0.25, 0.3) is 44.3 Å². The second kappa shape index (κ2) is 9.37. The molecule has 2 aromatic heterocycles. The van der Waals surface area contributed by atoms with Gasteiger partial charge in [-0.3, -0.25) is 4.98 Å². The maximum Gasteiger partial charge on any atom is 0.145 e. The summed E-state index contributed by atoms with van der Waals surface area (Å²) < 4.78 is 6.77. The molecule has 0 saturated carbocycles. The van der Waals surface area contributed by atoms with Gasteiger partial charge in [0, 0.05) is 27.9 Å². The van der Waals surface area contributed by atoms with Gasteiger partial charge >= 0.3 is 0 Å². The van der Waals surface area contributed by atoms with Crippen molar-refractivity contribution in [3.8, 4) is 22.4 Å². The van der Waals surface area contributed by atoms with Gasteiger partial charge in [0.1, 0.15) is 11.2 Å². The molecule has 0 aliphatic heterocycles. The highest BCUT2D eigenvalue weighted by Gasteiger charge is 2.44. The fourth-order valence-electron chi connectivity index (χ4n) is 7.52. The lowest BCUT2D eigenvalue weighted by Gasteiger charge is -2.35. The monoisotopic (exact) mass is 515 g/mol. The zero-order chi connectivity index (χ0) is 27.6. The molecule has 2 nitrogen and oxygen atoms in total. The molecule has 2 heteroatoms. The summed E-state index contributed by atoms with van der Waals surface area (Å²) in [5, 5.41) is 2.44. The molecular formula is C37H41NO. The van der Waals surface area contributed by atoms with Crippen molar-refractivity contribution < 1.29 is 4.42 Å². The van der Waals surface area contributed by atoms with Gasteiger partial charge in [-0.05, 0) is 95.5 Å². The van der Waals surface area contributed by atoms with E-state index in [0.29, 0.717) is 17.8 Å². The predicted octanol–water partition coefficient (Wildman–Crippen LogP) is 10.7. The number of benzene rings is 3. The van der Waals surface area contributed by atoms with Crippen molar-refractivity contribution in [2.24, 2.45) is 11.8 Å². The molecular weight excluding hydrogens is 474 g/mol. The van der Waals surface area contributed by atoms with Crippen molar-refractivity contribution >= 4 is 21.9 Å². The molecule has 200 valence electrons. The average molecular weight is 516 g/mol. The van der Waals surface area contributed by atoms with Gasteiger partial charge in [-0.2, -0.15) is 0 Å². The molecule has 2 heterocycles. The number of fused-ring (bicyclic) bond motifs is 7. The summed E-state index contributed by atoms with van der Waals surface area (Å²) in [4.78, 5) is 4.95. The average Bonchev–Trinajstić information content (AvgIpc) is 3.36. The molecule has 0 spiro atoms. The highest BCUT2D eigenvalue weighted by Crippen LogP contribution is 2.58. The van der Waals surface area contributed by atoms with E-state index >= 15 is 0 Å². The van der Waals surface area contributed by atoms with E-state index in [1.54, 1.807) is 0 Å². The SMILES string of the molecule is Cc1cc(-c2c(C)ccc3c2oc2ccc4c(c23)-c2ccccc2C4(CC(C)C)CC(C)C)ncc1C(C)C. The Morgan fingerprint density at radius 3 is 2.15 bits per heavy atom. The van der Waals surface area contributed by atoms with Crippen LogP contribution in [-0.4, -0.2) is 4.98 Å². The van der Waals surface area contributed by atoms with Gasteiger partial charge in [-0.25, -0.2) is 0 Å². The summed E-state index contributed by atoms with van der Waals surface area (Å²) in [5.41, 5.74) is 13.5. The maximum absolute atomic E-state index is 6.77. The second-order valence-corrected chi connectivity index (χ2v) is 13.0. The summed E-state index contributed by atoms with van der Waals surface area (Å²) in [5.74, 6) is 1.64. The molecule has 0 radical (unpaired) electrons. The molecule has 0 N–H and O–H groups in total. The van der Waals surface area contributed by atoms with Crippen LogP contribution < -0.4 is 0 Å². The number of nitrogens with zero attached hydrogens (tertiary/aromatic N) is 1. The highest BCUT2D eigenvalue weighted by molar-refractivity contribution is 6.17. The molecule has 1 aliphatic carbocycles. The predicted molar refractivity (Wildman–Crippen MR) is 166 cm³/mol. The van der Waals surface area contributed by atoms with E-state index < -0.39 is 0 Å². The topological polar surface area (TPSA) is 26.0 Å². The lowest BCUT2D eigenvalue weighted by molar-refractivity contribution is 0.337. The number of hydrogen-bond donors (Lipinski definition) is 0.